The lowest BCUT2D eigenvalue weighted by molar-refractivity contribution is -0.137. The number of anilines is 2. The maximum absolute atomic E-state index is 13.2. The van der Waals surface area contributed by atoms with Gasteiger partial charge in [-0.2, -0.15) is 13.2 Å². The van der Waals surface area contributed by atoms with Crippen LogP contribution in [0.5, 0.6) is 0 Å². The van der Waals surface area contributed by atoms with Gasteiger partial charge in [0, 0.05) is 5.56 Å². The molecule has 1 heterocycles. The minimum absolute atomic E-state index is 0.0359. The zero-order chi connectivity index (χ0) is 14.2. The topological polar surface area (TPSA) is 77.8 Å². The summed E-state index contributed by atoms with van der Waals surface area (Å²) in [6.45, 7) is 0. The van der Waals surface area contributed by atoms with Gasteiger partial charge in [-0.05, 0) is 18.2 Å². The number of nitrogen functional groups attached to an aromatic ring is 2. The van der Waals surface area contributed by atoms with Gasteiger partial charge in [-0.1, -0.05) is 0 Å². The number of hydrogen-bond donors (Lipinski definition) is 2. The number of benzene rings is 1. The van der Waals surface area contributed by atoms with E-state index in [1.54, 1.807) is 0 Å². The molecule has 1 aromatic carbocycles. The number of hydrogen-bond acceptors (Lipinski definition) is 4. The summed E-state index contributed by atoms with van der Waals surface area (Å²) < 4.78 is 51.7. The van der Waals surface area contributed by atoms with Gasteiger partial charge in [0.15, 0.2) is 5.82 Å². The van der Waals surface area contributed by atoms with Gasteiger partial charge in [-0.3, -0.25) is 0 Å². The molecule has 0 fully saturated rings. The molecule has 0 bridgehead atoms. The van der Waals surface area contributed by atoms with Gasteiger partial charge in [0.2, 0.25) is 0 Å². The Morgan fingerprint density at radius 2 is 1.79 bits per heavy atom. The first-order chi connectivity index (χ1) is 8.79. The first-order valence-electron chi connectivity index (χ1n) is 5.04. The second-order valence-corrected chi connectivity index (χ2v) is 3.72. The molecule has 0 spiro atoms. The number of nitrogens with zero attached hydrogens (tertiary/aromatic N) is 2. The van der Waals surface area contributed by atoms with E-state index in [2.05, 4.69) is 9.97 Å². The molecule has 19 heavy (non-hydrogen) atoms. The summed E-state index contributed by atoms with van der Waals surface area (Å²) in [6, 6.07) is 2.05. The van der Waals surface area contributed by atoms with Crippen LogP contribution < -0.4 is 11.5 Å². The summed E-state index contributed by atoms with van der Waals surface area (Å²) >= 11 is 0. The lowest BCUT2D eigenvalue weighted by Gasteiger charge is -2.13. The monoisotopic (exact) mass is 272 g/mol. The molecule has 0 saturated heterocycles. The third-order valence-corrected chi connectivity index (χ3v) is 2.36. The van der Waals surface area contributed by atoms with E-state index < -0.39 is 23.1 Å². The zero-order valence-electron chi connectivity index (χ0n) is 9.37. The van der Waals surface area contributed by atoms with E-state index in [9.17, 15) is 17.6 Å². The van der Waals surface area contributed by atoms with Crippen LogP contribution in [0.3, 0.4) is 0 Å². The molecule has 0 aliphatic rings. The molecule has 2 rings (SSSR count). The van der Waals surface area contributed by atoms with Gasteiger partial charge in [0.1, 0.15) is 17.3 Å². The highest BCUT2D eigenvalue weighted by atomic mass is 19.4. The van der Waals surface area contributed by atoms with Crippen LogP contribution in [0, 0.1) is 5.82 Å². The van der Waals surface area contributed by atoms with E-state index >= 15 is 0 Å². The lowest BCUT2D eigenvalue weighted by atomic mass is 10.0. The van der Waals surface area contributed by atoms with Crippen LogP contribution in [0.4, 0.5) is 29.2 Å². The van der Waals surface area contributed by atoms with Crippen LogP contribution in [-0.2, 0) is 6.18 Å². The number of nitrogens with two attached hydrogens (primary N) is 2. The molecule has 0 aliphatic carbocycles. The van der Waals surface area contributed by atoms with E-state index in [0.29, 0.717) is 18.2 Å². The van der Waals surface area contributed by atoms with E-state index in [1.807, 2.05) is 0 Å². The Kier molecular flexibility index (Phi) is 3.01. The van der Waals surface area contributed by atoms with Crippen molar-refractivity contribution in [2.45, 2.75) is 6.18 Å². The normalized spacial score (nSPS) is 11.6. The fourth-order valence-corrected chi connectivity index (χ4v) is 1.58. The van der Waals surface area contributed by atoms with Crippen LogP contribution in [0.1, 0.15) is 5.56 Å². The van der Waals surface area contributed by atoms with Crippen molar-refractivity contribution < 1.29 is 17.6 Å². The Bertz CT molecular complexity index is 625. The second-order valence-electron chi connectivity index (χ2n) is 3.72. The van der Waals surface area contributed by atoms with E-state index in [0.717, 1.165) is 6.20 Å². The Labute approximate surface area is 105 Å². The van der Waals surface area contributed by atoms with Crippen molar-refractivity contribution in [2.75, 3.05) is 11.5 Å². The van der Waals surface area contributed by atoms with Crippen molar-refractivity contribution in [1.29, 1.82) is 0 Å². The minimum Gasteiger partial charge on any atom is -0.382 e. The fraction of sp³-hybridized carbons (Fsp3) is 0.0909. The van der Waals surface area contributed by atoms with Crippen molar-refractivity contribution >= 4 is 11.6 Å². The first-order valence-corrected chi connectivity index (χ1v) is 5.04. The van der Waals surface area contributed by atoms with Crippen LogP contribution in [0.25, 0.3) is 11.3 Å². The van der Waals surface area contributed by atoms with Crippen LogP contribution in [0.2, 0.25) is 0 Å². The van der Waals surface area contributed by atoms with Crippen LogP contribution >= 0.6 is 0 Å². The Balaban J connectivity index is 2.70. The molecule has 8 heteroatoms. The second kappa shape index (κ2) is 4.38. The van der Waals surface area contributed by atoms with Gasteiger partial charge >= 0.3 is 6.18 Å². The summed E-state index contributed by atoms with van der Waals surface area (Å²) in [5, 5.41) is 0. The number of aromatic nitrogens is 2. The largest absolute Gasteiger partial charge is 0.417 e. The summed E-state index contributed by atoms with van der Waals surface area (Å²) in [5.74, 6) is -1.16. The molecule has 4 nitrogen and oxygen atoms in total. The van der Waals surface area contributed by atoms with Crippen LogP contribution in [0.15, 0.2) is 24.4 Å². The molecule has 0 unspecified atom stereocenters. The van der Waals surface area contributed by atoms with Crippen molar-refractivity contribution in [3.8, 4) is 11.3 Å². The molecule has 0 aliphatic heterocycles. The third-order valence-electron chi connectivity index (χ3n) is 2.36. The molecule has 4 N–H and O–H groups in total. The molecule has 0 saturated carbocycles. The summed E-state index contributed by atoms with van der Waals surface area (Å²) in [6.07, 6.45) is -3.60. The standard InChI is InChI=1S/C11H8F4N4/c12-5-1-2-7(11(13,14)15)6(3-5)9-10(17)19-8(16)4-18-9/h1-4H,(H4,16,17,19). The molecule has 0 amide bonds. The van der Waals surface area contributed by atoms with Crippen molar-refractivity contribution in [1.82, 2.24) is 9.97 Å². The number of halogens is 4. The predicted molar refractivity (Wildman–Crippen MR) is 61.3 cm³/mol. The average Bonchev–Trinajstić information content (AvgIpc) is 2.27. The summed E-state index contributed by atoms with van der Waals surface area (Å²) in [7, 11) is 0. The smallest absolute Gasteiger partial charge is 0.382 e. The van der Waals surface area contributed by atoms with Crippen molar-refractivity contribution in [2.24, 2.45) is 0 Å². The highest BCUT2D eigenvalue weighted by molar-refractivity contribution is 5.73. The summed E-state index contributed by atoms with van der Waals surface area (Å²) in [4.78, 5) is 7.29. The zero-order valence-corrected chi connectivity index (χ0v) is 9.37. The SMILES string of the molecule is Nc1cnc(-c2cc(F)ccc2C(F)(F)F)c(N)n1. The quantitative estimate of drug-likeness (QED) is 0.782. The lowest BCUT2D eigenvalue weighted by Crippen LogP contribution is -2.09. The van der Waals surface area contributed by atoms with E-state index in [-0.39, 0.29) is 17.3 Å². The van der Waals surface area contributed by atoms with Gasteiger partial charge in [0.05, 0.1) is 11.8 Å². The Hall–Kier alpha value is -2.38. The molecule has 0 atom stereocenters. The van der Waals surface area contributed by atoms with E-state index in [1.165, 1.54) is 0 Å². The third kappa shape index (κ3) is 2.56. The van der Waals surface area contributed by atoms with Gasteiger partial charge in [-0.15, -0.1) is 0 Å². The summed E-state index contributed by atoms with van der Waals surface area (Å²) in [5.41, 5.74) is 9.00. The highest BCUT2D eigenvalue weighted by Gasteiger charge is 2.34. The Morgan fingerprint density at radius 3 is 2.37 bits per heavy atom. The highest BCUT2D eigenvalue weighted by Crippen LogP contribution is 2.38. The van der Waals surface area contributed by atoms with Gasteiger partial charge in [0.25, 0.3) is 0 Å². The van der Waals surface area contributed by atoms with Gasteiger partial charge < -0.3 is 11.5 Å². The number of alkyl halides is 3. The molecular formula is C11H8F4N4. The minimum atomic E-state index is -4.65. The van der Waals surface area contributed by atoms with Crippen LogP contribution in [-0.4, -0.2) is 9.97 Å². The maximum atomic E-state index is 13.2. The van der Waals surface area contributed by atoms with E-state index in [4.69, 9.17) is 11.5 Å². The number of rotatable bonds is 1. The molecule has 1 aromatic heterocycles. The van der Waals surface area contributed by atoms with Crippen molar-refractivity contribution in [3.05, 3.63) is 35.8 Å². The molecule has 0 radical (unpaired) electrons. The molecule has 100 valence electrons. The Morgan fingerprint density at radius 1 is 1.11 bits per heavy atom. The van der Waals surface area contributed by atoms with Crippen molar-refractivity contribution in [3.63, 3.8) is 0 Å². The molecule has 2 aromatic rings. The first kappa shape index (κ1) is 13.1. The fourth-order valence-electron chi connectivity index (χ4n) is 1.58. The predicted octanol–water partition coefficient (Wildman–Crippen LogP) is 2.47. The molecular weight excluding hydrogens is 264 g/mol. The van der Waals surface area contributed by atoms with Gasteiger partial charge in [-0.25, -0.2) is 14.4 Å². The maximum Gasteiger partial charge on any atom is 0.417 e. The average molecular weight is 272 g/mol.